The lowest BCUT2D eigenvalue weighted by Crippen LogP contribution is -2.32. The number of hydrogen-bond acceptors (Lipinski definition) is 4. The summed E-state index contributed by atoms with van der Waals surface area (Å²) in [5, 5.41) is 3.26. The highest BCUT2D eigenvalue weighted by Crippen LogP contribution is 2.23. The van der Waals surface area contributed by atoms with Gasteiger partial charge in [-0.3, -0.25) is 4.79 Å². The van der Waals surface area contributed by atoms with Gasteiger partial charge in [-0.15, -0.1) is 0 Å². The van der Waals surface area contributed by atoms with Gasteiger partial charge < -0.3 is 15.0 Å². The number of anilines is 2. The highest BCUT2D eigenvalue weighted by Gasteiger charge is 2.20. The summed E-state index contributed by atoms with van der Waals surface area (Å²) in [6.45, 7) is 4.26. The first-order chi connectivity index (χ1) is 12.3. The van der Waals surface area contributed by atoms with Crippen molar-refractivity contribution >= 4 is 17.4 Å². The molecular weight excluding hydrogens is 314 g/mol. The lowest BCUT2D eigenvalue weighted by atomic mass is 10.2. The topological polar surface area (TPSA) is 54.5 Å². The molecule has 0 aliphatic carbocycles. The standard InChI is InChI=1S/C20H25N3O2/c1-2-25-17-11-9-16(10-12-17)22-19-18(8-7-13-21-19)20(24)23-14-5-3-4-6-15-23/h7-13H,2-6,14-15H2,1H3,(H,21,22). The van der Waals surface area contributed by atoms with Crippen molar-refractivity contribution in [2.75, 3.05) is 25.0 Å². The number of carbonyl (C=O) groups excluding carboxylic acids is 1. The summed E-state index contributed by atoms with van der Waals surface area (Å²) in [7, 11) is 0. The number of benzene rings is 1. The van der Waals surface area contributed by atoms with Gasteiger partial charge in [0, 0.05) is 25.0 Å². The second kappa shape index (κ2) is 8.51. The molecule has 1 amide bonds. The average Bonchev–Trinajstić information content (AvgIpc) is 2.93. The minimum Gasteiger partial charge on any atom is -0.494 e. The van der Waals surface area contributed by atoms with Crippen molar-refractivity contribution in [3.8, 4) is 5.75 Å². The first kappa shape index (κ1) is 17.3. The molecule has 1 aliphatic rings. The zero-order chi connectivity index (χ0) is 17.5. The highest BCUT2D eigenvalue weighted by molar-refractivity contribution is 5.99. The molecule has 0 unspecified atom stereocenters. The van der Waals surface area contributed by atoms with Gasteiger partial charge in [0.1, 0.15) is 11.6 Å². The fraction of sp³-hybridized carbons (Fsp3) is 0.400. The van der Waals surface area contributed by atoms with Crippen molar-refractivity contribution in [1.82, 2.24) is 9.88 Å². The van der Waals surface area contributed by atoms with Crippen LogP contribution in [0.1, 0.15) is 43.0 Å². The summed E-state index contributed by atoms with van der Waals surface area (Å²) in [6.07, 6.45) is 6.26. The molecule has 0 spiro atoms. The van der Waals surface area contributed by atoms with E-state index < -0.39 is 0 Å². The number of pyridine rings is 1. The van der Waals surface area contributed by atoms with Gasteiger partial charge in [-0.25, -0.2) is 4.98 Å². The van der Waals surface area contributed by atoms with Crippen LogP contribution in [-0.4, -0.2) is 35.5 Å². The fourth-order valence-corrected chi connectivity index (χ4v) is 3.06. The van der Waals surface area contributed by atoms with Gasteiger partial charge in [0.15, 0.2) is 0 Å². The summed E-state index contributed by atoms with van der Waals surface area (Å²) in [5.74, 6) is 1.49. The van der Waals surface area contributed by atoms with Crippen LogP contribution < -0.4 is 10.1 Å². The monoisotopic (exact) mass is 339 g/mol. The summed E-state index contributed by atoms with van der Waals surface area (Å²) in [6, 6.07) is 11.3. The van der Waals surface area contributed by atoms with Gasteiger partial charge in [-0.2, -0.15) is 0 Å². The molecule has 1 N–H and O–H groups in total. The largest absolute Gasteiger partial charge is 0.494 e. The molecule has 5 nitrogen and oxygen atoms in total. The molecule has 5 heteroatoms. The molecule has 1 aromatic carbocycles. The molecule has 2 heterocycles. The Morgan fingerprint density at radius 3 is 2.52 bits per heavy atom. The Labute approximate surface area is 149 Å². The van der Waals surface area contributed by atoms with Crippen LogP contribution in [0.5, 0.6) is 5.75 Å². The number of ether oxygens (including phenoxy) is 1. The van der Waals surface area contributed by atoms with Gasteiger partial charge in [-0.1, -0.05) is 12.8 Å². The van der Waals surface area contributed by atoms with Crippen LogP contribution in [-0.2, 0) is 0 Å². The van der Waals surface area contributed by atoms with Crippen molar-refractivity contribution < 1.29 is 9.53 Å². The van der Waals surface area contributed by atoms with Crippen LogP contribution in [0, 0.1) is 0 Å². The summed E-state index contributed by atoms with van der Waals surface area (Å²) < 4.78 is 5.46. The van der Waals surface area contributed by atoms with E-state index in [4.69, 9.17) is 4.74 Å². The van der Waals surface area contributed by atoms with Gasteiger partial charge in [0.05, 0.1) is 12.2 Å². The molecular formula is C20H25N3O2. The number of amides is 1. The third-order valence-electron chi connectivity index (χ3n) is 4.36. The predicted octanol–water partition coefficient (Wildman–Crippen LogP) is 4.24. The number of aromatic nitrogens is 1. The molecule has 132 valence electrons. The van der Waals surface area contributed by atoms with E-state index >= 15 is 0 Å². The van der Waals surface area contributed by atoms with Crippen molar-refractivity contribution in [3.05, 3.63) is 48.2 Å². The number of nitrogens with zero attached hydrogens (tertiary/aromatic N) is 2. The third-order valence-corrected chi connectivity index (χ3v) is 4.36. The molecule has 25 heavy (non-hydrogen) atoms. The molecule has 1 aromatic heterocycles. The van der Waals surface area contributed by atoms with Crippen LogP contribution >= 0.6 is 0 Å². The normalized spacial score (nSPS) is 14.7. The average molecular weight is 339 g/mol. The van der Waals surface area contributed by atoms with Gasteiger partial charge >= 0.3 is 0 Å². The number of nitrogens with one attached hydrogen (secondary N) is 1. The van der Waals surface area contributed by atoms with Crippen molar-refractivity contribution in [3.63, 3.8) is 0 Å². The molecule has 1 fully saturated rings. The molecule has 0 saturated carbocycles. The van der Waals surface area contributed by atoms with E-state index in [-0.39, 0.29) is 5.91 Å². The van der Waals surface area contributed by atoms with E-state index in [1.807, 2.05) is 48.2 Å². The van der Waals surface area contributed by atoms with Crippen LogP contribution in [0.4, 0.5) is 11.5 Å². The van der Waals surface area contributed by atoms with E-state index in [0.717, 1.165) is 37.4 Å². The SMILES string of the molecule is CCOc1ccc(Nc2ncccc2C(=O)N2CCCCCC2)cc1. The van der Waals surface area contributed by atoms with E-state index in [1.54, 1.807) is 6.20 Å². The van der Waals surface area contributed by atoms with Crippen LogP contribution in [0.3, 0.4) is 0 Å². The second-order valence-electron chi connectivity index (χ2n) is 6.19. The van der Waals surface area contributed by atoms with Crippen LogP contribution in [0.25, 0.3) is 0 Å². The maximum atomic E-state index is 12.9. The van der Waals surface area contributed by atoms with Crippen LogP contribution in [0.15, 0.2) is 42.6 Å². The smallest absolute Gasteiger partial charge is 0.257 e. The van der Waals surface area contributed by atoms with E-state index in [9.17, 15) is 4.79 Å². The zero-order valence-electron chi connectivity index (χ0n) is 14.7. The number of rotatable bonds is 5. The number of carbonyl (C=O) groups is 1. The molecule has 0 atom stereocenters. The fourth-order valence-electron chi connectivity index (χ4n) is 3.06. The van der Waals surface area contributed by atoms with Crippen molar-refractivity contribution in [2.45, 2.75) is 32.6 Å². The Hall–Kier alpha value is -2.56. The third kappa shape index (κ3) is 4.50. The quantitative estimate of drug-likeness (QED) is 0.885. The molecule has 2 aromatic rings. The molecule has 0 bridgehead atoms. The number of hydrogen-bond donors (Lipinski definition) is 1. The lowest BCUT2D eigenvalue weighted by Gasteiger charge is -2.21. The van der Waals surface area contributed by atoms with Gasteiger partial charge in [0.2, 0.25) is 0 Å². The minimum absolute atomic E-state index is 0.0587. The van der Waals surface area contributed by atoms with Gasteiger partial charge in [-0.05, 0) is 56.2 Å². The van der Waals surface area contributed by atoms with E-state index in [1.165, 1.54) is 12.8 Å². The Balaban J connectivity index is 1.77. The van der Waals surface area contributed by atoms with Crippen LogP contribution in [0.2, 0.25) is 0 Å². The number of likely N-dealkylation sites (tertiary alicyclic amines) is 1. The Kier molecular flexibility index (Phi) is 5.88. The summed E-state index contributed by atoms with van der Waals surface area (Å²) >= 11 is 0. The predicted molar refractivity (Wildman–Crippen MR) is 99.5 cm³/mol. The van der Waals surface area contributed by atoms with Gasteiger partial charge in [0.25, 0.3) is 5.91 Å². The van der Waals surface area contributed by atoms with Crippen molar-refractivity contribution in [1.29, 1.82) is 0 Å². The molecule has 1 saturated heterocycles. The maximum absolute atomic E-state index is 12.9. The van der Waals surface area contributed by atoms with E-state index in [0.29, 0.717) is 18.0 Å². The first-order valence-corrected chi connectivity index (χ1v) is 9.02. The minimum atomic E-state index is 0.0587. The second-order valence-corrected chi connectivity index (χ2v) is 6.19. The lowest BCUT2D eigenvalue weighted by molar-refractivity contribution is 0.0762. The Bertz CT molecular complexity index is 692. The Morgan fingerprint density at radius 1 is 1.12 bits per heavy atom. The molecule has 1 aliphatic heterocycles. The molecule has 0 radical (unpaired) electrons. The summed E-state index contributed by atoms with van der Waals surface area (Å²) in [5.41, 5.74) is 1.50. The highest BCUT2D eigenvalue weighted by atomic mass is 16.5. The van der Waals surface area contributed by atoms with Crippen molar-refractivity contribution in [2.24, 2.45) is 0 Å². The maximum Gasteiger partial charge on any atom is 0.257 e. The first-order valence-electron chi connectivity index (χ1n) is 9.02. The Morgan fingerprint density at radius 2 is 1.84 bits per heavy atom. The van der Waals surface area contributed by atoms with E-state index in [2.05, 4.69) is 10.3 Å². The zero-order valence-corrected chi connectivity index (χ0v) is 14.7. The summed E-state index contributed by atoms with van der Waals surface area (Å²) in [4.78, 5) is 19.3. The molecule has 3 rings (SSSR count).